The Labute approximate surface area is 104 Å². The maximum absolute atomic E-state index is 11.3. The van der Waals surface area contributed by atoms with Crippen molar-refractivity contribution in [2.75, 3.05) is 7.11 Å². The quantitative estimate of drug-likeness (QED) is 0.889. The van der Waals surface area contributed by atoms with E-state index < -0.39 is 0 Å². The summed E-state index contributed by atoms with van der Waals surface area (Å²) in [5, 5.41) is 1.80. The molecule has 0 saturated carbocycles. The monoisotopic (exact) mass is 251 g/mol. The number of nitrogens with one attached hydrogen (secondary N) is 1. The molecule has 1 fully saturated rings. The third kappa shape index (κ3) is 3.00. The lowest BCUT2D eigenvalue weighted by atomic mass is 10.1. The number of thioether (sulfide) groups is 1. The largest absolute Gasteiger partial charge is 0.497 e. The minimum atomic E-state index is -0.246. The average molecular weight is 251 g/mol. The predicted octanol–water partition coefficient (Wildman–Crippen LogP) is 1.98. The van der Waals surface area contributed by atoms with Crippen molar-refractivity contribution in [3.63, 3.8) is 0 Å². The number of ether oxygens (including phenoxy) is 1. The lowest BCUT2D eigenvalue weighted by Gasteiger charge is -2.06. The van der Waals surface area contributed by atoms with E-state index in [1.807, 2.05) is 24.3 Å². The Balaban J connectivity index is 1.89. The summed E-state index contributed by atoms with van der Waals surface area (Å²) in [6.07, 6.45) is 1.46. The van der Waals surface area contributed by atoms with E-state index in [9.17, 15) is 9.59 Å². The summed E-state index contributed by atoms with van der Waals surface area (Å²) in [5.41, 5.74) is 1.14. The van der Waals surface area contributed by atoms with E-state index in [0.29, 0.717) is 6.42 Å². The van der Waals surface area contributed by atoms with E-state index in [0.717, 1.165) is 29.5 Å². The van der Waals surface area contributed by atoms with Crippen LogP contribution in [0.1, 0.15) is 12.0 Å². The van der Waals surface area contributed by atoms with Crippen LogP contribution in [0.2, 0.25) is 0 Å². The Morgan fingerprint density at radius 2 is 2.00 bits per heavy atom. The van der Waals surface area contributed by atoms with E-state index in [1.165, 1.54) is 0 Å². The molecule has 1 aromatic carbocycles. The van der Waals surface area contributed by atoms with Crippen LogP contribution in [0, 0.1) is 0 Å². The fraction of sp³-hybridized carbons (Fsp3) is 0.333. The number of carbonyl (C=O) groups excluding carboxylic acids is 2. The maximum atomic E-state index is 11.3. The molecule has 2 amide bonds. The van der Waals surface area contributed by atoms with Crippen molar-refractivity contribution < 1.29 is 14.3 Å². The molecule has 1 aliphatic heterocycles. The molecule has 1 saturated heterocycles. The van der Waals surface area contributed by atoms with Crippen LogP contribution >= 0.6 is 11.8 Å². The number of carbonyl (C=O) groups is 2. The molecule has 4 nitrogen and oxygen atoms in total. The van der Waals surface area contributed by atoms with Gasteiger partial charge in [0.15, 0.2) is 0 Å². The highest BCUT2D eigenvalue weighted by molar-refractivity contribution is 8.15. The van der Waals surface area contributed by atoms with Crippen molar-refractivity contribution >= 4 is 22.9 Å². The van der Waals surface area contributed by atoms with Crippen molar-refractivity contribution in [2.24, 2.45) is 0 Å². The Kier molecular flexibility index (Phi) is 3.68. The van der Waals surface area contributed by atoms with Gasteiger partial charge in [0.05, 0.1) is 12.4 Å². The van der Waals surface area contributed by atoms with Crippen LogP contribution in [0.3, 0.4) is 0 Å². The maximum Gasteiger partial charge on any atom is 0.286 e. The van der Waals surface area contributed by atoms with Crippen LogP contribution in [0.5, 0.6) is 5.75 Å². The van der Waals surface area contributed by atoms with Crippen molar-refractivity contribution in [3.8, 4) is 5.75 Å². The molecule has 1 aromatic rings. The molecule has 0 spiro atoms. The molecular formula is C12H13NO3S. The third-order valence-electron chi connectivity index (χ3n) is 2.62. The number of rotatable bonds is 4. The van der Waals surface area contributed by atoms with Crippen molar-refractivity contribution in [1.82, 2.24) is 5.32 Å². The second-order valence-corrected chi connectivity index (χ2v) is 4.95. The summed E-state index contributed by atoms with van der Waals surface area (Å²) < 4.78 is 5.07. The molecule has 0 radical (unpaired) electrons. The Hall–Kier alpha value is -1.49. The number of benzene rings is 1. The molecule has 1 N–H and O–H groups in total. The minimum absolute atomic E-state index is 0.173. The van der Waals surface area contributed by atoms with Gasteiger partial charge in [-0.15, -0.1) is 0 Å². The summed E-state index contributed by atoms with van der Waals surface area (Å²) in [7, 11) is 1.63. The molecule has 0 aromatic heterocycles. The number of methoxy groups -OCH3 is 1. The van der Waals surface area contributed by atoms with Crippen molar-refractivity contribution in [3.05, 3.63) is 29.8 Å². The van der Waals surface area contributed by atoms with Gasteiger partial charge in [-0.2, -0.15) is 0 Å². The molecular weight excluding hydrogens is 238 g/mol. The van der Waals surface area contributed by atoms with E-state index in [2.05, 4.69) is 5.32 Å². The number of amides is 2. The van der Waals surface area contributed by atoms with E-state index >= 15 is 0 Å². The highest BCUT2D eigenvalue weighted by Crippen LogP contribution is 2.23. The van der Waals surface area contributed by atoms with Gasteiger partial charge >= 0.3 is 0 Å². The zero-order valence-electron chi connectivity index (χ0n) is 9.43. The summed E-state index contributed by atoms with van der Waals surface area (Å²) >= 11 is 1.08. The topological polar surface area (TPSA) is 55.4 Å². The van der Waals surface area contributed by atoms with Gasteiger partial charge in [0.2, 0.25) is 5.91 Å². The Morgan fingerprint density at radius 1 is 1.29 bits per heavy atom. The lowest BCUT2D eigenvalue weighted by molar-refractivity contribution is -0.119. The first-order valence-electron chi connectivity index (χ1n) is 5.33. The molecule has 0 bridgehead atoms. The zero-order valence-corrected chi connectivity index (χ0v) is 10.3. The smallest absolute Gasteiger partial charge is 0.286 e. The van der Waals surface area contributed by atoms with Gasteiger partial charge < -0.3 is 4.74 Å². The summed E-state index contributed by atoms with van der Waals surface area (Å²) in [4.78, 5) is 22.3. The van der Waals surface area contributed by atoms with Crippen molar-refractivity contribution in [2.45, 2.75) is 18.1 Å². The third-order valence-corrected chi connectivity index (χ3v) is 3.67. The van der Waals surface area contributed by atoms with Gasteiger partial charge in [0.1, 0.15) is 5.75 Å². The van der Waals surface area contributed by atoms with Gasteiger partial charge in [0, 0.05) is 0 Å². The molecule has 1 unspecified atom stereocenters. The normalized spacial score (nSPS) is 19.2. The van der Waals surface area contributed by atoms with Crippen LogP contribution in [-0.2, 0) is 11.2 Å². The van der Waals surface area contributed by atoms with Gasteiger partial charge in [-0.25, -0.2) is 0 Å². The minimum Gasteiger partial charge on any atom is -0.497 e. The van der Waals surface area contributed by atoms with Crippen LogP contribution in [-0.4, -0.2) is 23.5 Å². The highest BCUT2D eigenvalue weighted by atomic mass is 32.2. The molecule has 2 rings (SSSR count). The predicted molar refractivity (Wildman–Crippen MR) is 66.2 cm³/mol. The van der Waals surface area contributed by atoms with Crippen LogP contribution in [0.25, 0.3) is 0 Å². The first kappa shape index (κ1) is 12.0. The Morgan fingerprint density at radius 3 is 2.53 bits per heavy atom. The van der Waals surface area contributed by atoms with Gasteiger partial charge in [-0.3, -0.25) is 14.9 Å². The fourth-order valence-electron chi connectivity index (χ4n) is 1.67. The SMILES string of the molecule is COc1ccc(CCC2SC(=O)NC2=O)cc1. The zero-order chi connectivity index (χ0) is 12.3. The molecule has 17 heavy (non-hydrogen) atoms. The second-order valence-electron chi connectivity index (χ2n) is 3.77. The Bertz CT molecular complexity index is 430. The number of hydrogen-bond donors (Lipinski definition) is 1. The number of aryl methyl sites for hydroxylation is 1. The second kappa shape index (κ2) is 5.23. The first-order valence-corrected chi connectivity index (χ1v) is 6.21. The van der Waals surface area contributed by atoms with Crippen molar-refractivity contribution in [1.29, 1.82) is 0 Å². The summed E-state index contributed by atoms with van der Waals surface area (Å²) in [5.74, 6) is 0.644. The van der Waals surface area contributed by atoms with E-state index in [1.54, 1.807) is 7.11 Å². The first-order chi connectivity index (χ1) is 8.19. The number of imide groups is 1. The fourth-order valence-corrected chi connectivity index (χ4v) is 2.49. The summed E-state index contributed by atoms with van der Waals surface area (Å²) in [6, 6.07) is 7.72. The molecule has 0 aliphatic carbocycles. The van der Waals surface area contributed by atoms with Crippen LogP contribution in [0.4, 0.5) is 4.79 Å². The molecule has 1 aliphatic rings. The standard InChI is InChI=1S/C12H13NO3S/c1-16-9-5-2-8(3-6-9)4-7-10-11(14)13-12(15)17-10/h2-3,5-6,10H,4,7H2,1H3,(H,13,14,15). The summed E-state index contributed by atoms with van der Waals surface area (Å²) in [6.45, 7) is 0. The molecule has 5 heteroatoms. The molecule has 90 valence electrons. The number of hydrogen-bond acceptors (Lipinski definition) is 4. The lowest BCUT2D eigenvalue weighted by Crippen LogP contribution is -2.24. The van der Waals surface area contributed by atoms with Crippen LogP contribution in [0.15, 0.2) is 24.3 Å². The van der Waals surface area contributed by atoms with E-state index in [4.69, 9.17) is 4.74 Å². The van der Waals surface area contributed by atoms with E-state index in [-0.39, 0.29) is 16.4 Å². The highest BCUT2D eigenvalue weighted by Gasteiger charge is 2.30. The van der Waals surface area contributed by atoms with Gasteiger partial charge in [-0.1, -0.05) is 23.9 Å². The average Bonchev–Trinajstić information content (AvgIpc) is 2.66. The van der Waals surface area contributed by atoms with Crippen LogP contribution < -0.4 is 10.1 Å². The molecule has 1 atom stereocenters. The van der Waals surface area contributed by atoms with Gasteiger partial charge in [0.25, 0.3) is 5.24 Å². The molecule has 1 heterocycles. The van der Waals surface area contributed by atoms with Gasteiger partial charge in [-0.05, 0) is 30.5 Å².